The van der Waals surface area contributed by atoms with Gasteiger partial charge in [-0.2, -0.15) is 0 Å². The van der Waals surface area contributed by atoms with Gasteiger partial charge in [-0.25, -0.2) is 0 Å². The van der Waals surface area contributed by atoms with Gasteiger partial charge in [0.1, 0.15) is 5.00 Å². The molecule has 1 saturated carbocycles. The highest BCUT2D eigenvalue weighted by Crippen LogP contribution is 2.49. The molecule has 8 heteroatoms. The fourth-order valence-corrected chi connectivity index (χ4v) is 7.11. The van der Waals surface area contributed by atoms with E-state index in [1.165, 1.54) is 16.2 Å². The SMILES string of the molecule is C[C@@H]1CCc2c(sc(NC(=O)[C@@H]3[C@@H](C(=O)O)[C@H]4C=C[C@@H]3C4)c2C(=O)N2CCOCC2)C1. The number of rotatable bonds is 4. The number of allylic oxidation sites excluding steroid dienone is 2. The molecule has 4 aliphatic rings. The van der Waals surface area contributed by atoms with Crippen LogP contribution in [0.4, 0.5) is 5.00 Å². The summed E-state index contributed by atoms with van der Waals surface area (Å²) < 4.78 is 5.40. The smallest absolute Gasteiger partial charge is 0.307 e. The Bertz CT molecular complexity index is 948. The zero-order chi connectivity index (χ0) is 21.7. The summed E-state index contributed by atoms with van der Waals surface area (Å²) in [5, 5.41) is 13.3. The minimum atomic E-state index is -0.916. The third-order valence-electron chi connectivity index (χ3n) is 7.31. The normalized spacial score (nSPS) is 31.5. The second-order valence-corrected chi connectivity index (χ2v) is 10.4. The molecule has 2 heterocycles. The van der Waals surface area contributed by atoms with E-state index < -0.39 is 17.8 Å². The van der Waals surface area contributed by atoms with Crippen LogP contribution in [-0.2, 0) is 27.2 Å². The predicted octanol–water partition coefficient (Wildman–Crippen LogP) is 2.81. The van der Waals surface area contributed by atoms with E-state index >= 15 is 0 Å². The highest BCUT2D eigenvalue weighted by Gasteiger charge is 2.52. The molecule has 31 heavy (non-hydrogen) atoms. The number of amides is 2. The number of carboxylic acid groups (broad SMARTS) is 1. The molecule has 1 aromatic rings. The van der Waals surface area contributed by atoms with Crippen molar-refractivity contribution in [2.24, 2.45) is 29.6 Å². The van der Waals surface area contributed by atoms with Crippen molar-refractivity contribution in [2.75, 3.05) is 31.6 Å². The Morgan fingerprint density at radius 1 is 1.16 bits per heavy atom. The van der Waals surface area contributed by atoms with Crippen LogP contribution in [0.25, 0.3) is 0 Å². The predicted molar refractivity (Wildman–Crippen MR) is 116 cm³/mol. The number of hydrogen-bond donors (Lipinski definition) is 2. The first-order valence-electron chi connectivity index (χ1n) is 11.2. The molecule has 166 valence electrons. The summed E-state index contributed by atoms with van der Waals surface area (Å²) in [5.41, 5.74) is 1.69. The Hall–Kier alpha value is -2.19. The Morgan fingerprint density at radius 2 is 1.87 bits per heavy atom. The number of anilines is 1. The van der Waals surface area contributed by atoms with Gasteiger partial charge in [-0.15, -0.1) is 11.3 Å². The largest absolute Gasteiger partial charge is 0.481 e. The molecular formula is C23H28N2O5S. The molecule has 2 fully saturated rings. The molecule has 0 spiro atoms. The second-order valence-electron chi connectivity index (χ2n) is 9.29. The lowest BCUT2D eigenvalue weighted by molar-refractivity contribution is -0.146. The van der Waals surface area contributed by atoms with Crippen molar-refractivity contribution in [1.29, 1.82) is 0 Å². The molecule has 1 saturated heterocycles. The van der Waals surface area contributed by atoms with E-state index in [0.717, 1.165) is 24.8 Å². The maximum Gasteiger partial charge on any atom is 0.307 e. The molecule has 0 radical (unpaired) electrons. The number of carboxylic acids is 1. The topological polar surface area (TPSA) is 95.9 Å². The lowest BCUT2D eigenvalue weighted by Crippen LogP contribution is -2.41. The van der Waals surface area contributed by atoms with Crippen molar-refractivity contribution in [2.45, 2.75) is 32.6 Å². The van der Waals surface area contributed by atoms with Crippen LogP contribution < -0.4 is 5.32 Å². The number of morpholine rings is 1. The van der Waals surface area contributed by atoms with Gasteiger partial charge in [0.15, 0.2) is 0 Å². The van der Waals surface area contributed by atoms with Gasteiger partial charge in [0, 0.05) is 18.0 Å². The van der Waals surface area contributed by atoms with Crippen molar-refractivity contribution in [1.82, 2.24) is 4.90 Å². The van der Waals surface area contributed by atoms with E-state index in [1.807, 2.05) is 12.2 Å². The van der Waals surface area contributed by atoms with Crippen molar-refractivity contribution < 1.29 is 24.2 Å². The lowest BCUT2D eigenvalue weighted by Gasteiger charge is -2.28. The minimum Gasteiger partial charge on any atom is -0.481 e. The Balaban J connectivity index is 1.46. The average Bonchev–Trinajstić information content (AvgIpc) is 3.46. The molecular weight excluding hydrogens is 416 g/mol. The van der Waals surface area contributed by atoms with Gasteiger partial charge in [0.25, 0.3) is 5.91 Å². The number of ether oxygens (including phenoxy) is 1. The highest BCUT2D eigenvalue weighted by atomic mass is 32.1. The molecule has 2 N–H and O–H groups in total. The van der Waals surface area contributed by atoms with Crippen LogP contribution in [0.3, 0.4) is 0 Å². The van der Waals surface area contributed by atoms with Crippen molar-refractivity contribution in [3.05, 3.63) is 28.2 Å². The maximum absolute atomic E-state index is 13.5. The zero-order valence-corrected chi connectivity index (χ0v) is 18.5. The van der Waals surface area contributed by atoms with Gasteiger partial charge in [-0.3, -0.25) is 14.4 Å². The number of hydrogen-bond acceptors (Lipinski definition) is 5. The third kappa shape index (κ3) is 3.59. The van der Waals surface area contributed by atoms with Crippen LogP contribution in [0.15, 0.2) is 12.2 Å². The van der Waals surface area contributed by atoms with Gasteiger partial charge in [-0.05, 0) is 49.0 Å². The fourth-order valence-electron chi connectivity index (χ4n) is 5.70. The molecule has 3 aliphatic carbocycles. The monoisotopic (exact) mass is 444 g/mol. The Kier molecular flexibility index (Phi) is 5.38. The summed E-state index contributed by atoms with van der Waals surface area (Å²) in [6.07, 6.45) is 7.41. The van der Waals surface area contributed by atoms with Gasteiger partial charge in [0.2, 0.25) is 5.91 Å². The number of thiophene rings is 1. The van der Waals surface area contributed by atoms with Crippen LogP contribution in [0.5, 0.6) is 0 Å². The number of carbonyl (C=O) groups excluding carboxylic acids is 2. The van der Waals surface area contributed by atoms with Gasteiger partial charge < -0.3 is 20.1 Å². The molecule has 5 rings (SSSR count). The average molecular weight is 445 g/mol. The van der Waals surface area contributed by atoms with Crippen LogP contribution in [0.2, 0.25) is 0 Å². The molecule has 2 bridgehead atoms. The lowest BCUT2D eigenvalue weighted by atomic mass is 9.82. The third-order valence-corrected chi connectivity index (χ3v) is 8.48. The number of aliphatic carboxylic acids is 1. The zero-order valence-electron chi connectivity index (χ0n) is 17.6. The first-order chi connectivity index (χ1) is 14.9. The summed E-state index contributed by atoms with van der Waals surface area (Å²) in [5.74, 6) is -2.08. The summed E-state index contributed by atoms with van der Waals surface area (Å²) in [6, 6.07) is 0. The van der Waals surface area contributed by atoms with Crippen molar-refractivity contribution >= 4 is 34.1 Å². The molecule has 0 aromatic carbocycles. The summed E-state index contributed by atoms with van der Waals surface area (Å²) in [4.78, 5) is 41.6. The van der Waals surface area contributed by atoms with E-state index in [9.17, 15) is 19.5 Å². The molecule has 7 nitrogen and oxygen atoms in total. The van der Waals surface area contributed by atoms with E-state index in [-0.39, 0.29) is 23.7 Å². The van der Waals surface area contributed by atoms with Crippen LogP contribution >= 0.6 is 11.3 Å². The second kappa shape index (κ2) is 8.06. The van der Waals surface area contributed by atoms with Crippen molar-refractivity contribution in [3.8, 4) is 0 Å². The first-order valence-corrected chi connectivity index (χ1v) is 12.0. The molecule has 1 aromatic heterocycles. The molecule has 0 unspecified atom stereocenters. The Labute approximate surface area is 185 Å². The van der Waals surface area contributed by atoms with Gasteiger partial charge in [0.05, 0.1) is 30.6 Å². The van der Waals surface area contributed by atoms with E-state index in [2.05, 4.69) is 12.2 Å². The van der Waals surface area contributed by atoms with E-state index in [4.69, 9.17) is 4.74 Å². The van der Waals surface area contributed by atoms with Crippen LogP contribution in [-0.4, -0.2) is 54.1 Å². The molecule has 2 amide bonds. The van der Waals surface area contributed by atoms with E-state index in [1.54, 1.807) is 4.90 Å². The maximum atomic E-state index is 13.5. The quantitative estimate of drug-likeness (QED) is 0.697. The first kappa shape index (κ1) is 20.7. The molecule has 5 atom stereocenters. The van der Waals surface area contributed by atoms with Crippen LogP contribution in [0, 0.1) is 29.6 Å². The fraction of sp³-hybridized carbons (Fsp3) is 0.609. The minimum absolute atomic E-state index is 0.0425. The number of nitrogens with one attached hydrogen (secondary N) is 1. The summed E-state index contributed by atoms with van der Waals surface area (Å²) in [7, 11) is 0. The highest BCUT2D eigenvalue weighted by molar-refractivity contribution is 7.17. The Morgan fingerprint density at radius 3 is 2.58 bits per heavy atom. The van der Waals surface area contributed by atoms with Crippen molar-refractivity contribution in [3.63, 3.8) is 0 Å². The summed E-state index contributed by atoms with van der Waals surface area (Å²) >= 11 is 1.50. The van der Waals surface area contributed by atoms with Gasteiger partial charge >= 0.3 is 5.97 Å². The number of carbonyl (C=O) groups is 3. The number of fused-ring (bicyclic) bond motifs is 3. The summed E-state index contributed by atoms with van der Waals surface area (Å²) in [6.45, 7) is 4.35. The van der Waals surface area contributed by atoms with Gasteiger partial charge in [-0.1, -0.05) is 19.1 Å². The molecule has 1 aliphatic heterocycles. The van der Waals surface area contributed by atoms with Crippen LogP contribution in [0.1, 0.15) is 40.6 Å². The standard InChI is InChI=1S/C23H28N2O5S/c1-12-2-5-15-16(10-12)31-21(19(15)22(27)25-6-8-30-9-7-25)24-20(26)17-13-3-4-14(11-13)18(17)23(28)29/h3-4,12-14,17-18H,2,5-11H2,1H3,(H,24,26)(H,28,29)/t12-,13-,14+,17+,18+/m1/s1. The van der Waals surface area contributed by atoms with E-state index in [0.29, 0.717) is 49.2 Å². The number of nitrogens with zero attached hydrogens (tertiary/aromatic N) is 1.